The summed E-state index contributed by atoms with van der Waals surface area (Å²) in [5, 5.41) is 6.24. The molecule has 4 saturated carbocycles. The summed E-state index contributed by atoms with van der Waals surface area (Å²) >= 11 is 7.67. The van der Waals surface area contributed by atoms with Gasteiger partial charge in [0, 0.05) is 5.54 Å². The maximum atomic E-state index is 12.7. The van der Waals surface area contributed by atoms with Crippen LogP contribution in [0.25, 0.3) is 0 Å². The van der Waals surface area contributed by atoms with Crippen LogP contribution < -0.4 is 10.6 Å². The van der Waals surface area contributed by atoms with Crippen LogP contribution in [0, 0.1) is 17.8 Å². The molecule has 0 aliphatic heterocycles. The molecule has 2 amide bonds. The molecule has 2 N–H and O–H groups in total. The van der Waals surface area contributed by atoms with E-state index in [2.05, 4.69) is 10.6 Å². The molecule has 1 unspecified atom stereocenters. The normalized spacial score (nSPS) is 28.8. The number of hydrogen-bond acceptors (Lipinski definition) is 5. The standard InChI is InChI=1S/C24H31ClN2O4S/c1-32-7-6-20(26-22(29)18-4-2-3-5-19(18)25)23(30)31-14-21(28)27-24-11-15-8-16(12-24)10-17(9-15)13-24/h2-5,15-17,20H,6-14H2,1H3,(H,26,29)(H,27,28). The van der Waals surface area contributed by atoms with Crippen LogP contribution in [-0.2, 0) is 14.3 Å². The molecular weight excluding hydrogens is 448 g/mol. The highest BCUT2D eigenvalue weighted by Crippen LogP contribution is 2.55. The lowest BCUT2D eigenvalue weighted by atomic mass is 9.53. The van der Waals surface area contributed by atoms with Crippen LogP contribution in [0.5, 0.6) is 0 Å². The second kappa shape index (κ2) is 10.0. The molecule has 32 heavy (non-hydrogen) atoms. The van der Waals surface area contributed by atoms with Gasteiger partial charge < -0.3 is 15.4 Å². The van der Waals surface area contributed by atoms with Crippen LogP contribution >= 0.6 is 23.4 Å². The Bertz CT molecular complexity index is 842. The summed E-state index contributed by atoms with van der Waals surface area (Å²) in [5.41, 5.74) is 0.185. The number of nitrogens with one attached hydrogen (secondary N) is 2. The van der Waals surface area contributed by atoms with E-state index in [1.807, 2.05) is 6.26 Å². The molecule has 4 fully saturated rings. The quantitative estimate of drug-likeness (QED) is 0.527. The molecule has 0 spiro atoms. The van der Waals surface area contributed by atoms with Crippen molar-refractivity contribution in [3.05, 3.63) is 34.9 Å². The SMILES string of the molecule is CSCCC(NC(=O)c1ccccc1Cl)C(=O)OCC(=O)NC12CC3CC(CC(C3)C1)C2. The first kappa shape index (κ1) is 23.4. The Morgan fingerprint density at radius 1 is 1.12 bits per heavy atom. The fraction of sp³-hybridized carbons (Fsp3) is 0.625. The van der Waals surface area contributed by atoms with Crippen molar-refractivity contribution in [2.75, 3.05) is 18.6 Å². The van der Waals surface area contributed by atoms with E-state index >= 15 is 0 Å². The summed E-state index contributed by atoms with van der Waals surface area (Å²) in [6.07, 6.45) is 9.36. The molecule has 0 saturated heterocycles. The van der Waals surface area contributed by atoms with E-state index in [9.17, 15) is 14.4 Å². The number of halogens is 1. The predicted octanol–water partition coefficient (Wildman–Crippen LogP) is 3.82. The third-order valence-electron chi connectivity index (χ3n) is 7.11. The van der Waals surface area contributed by atoms with E-state index < -0.39 is 17.9 Å². The van der Waals surface area contributed by atoms with Crippen molar-refractivity contribution in [1.82, 2.24) is 10.6 Å². The van der Waals surface area contributed by atoms with E-state index in [1.165, 1.54) is 19.3 Å². The van der Waals surface area contributed by atoms with Crippen molar-refractivity contribution < 1.29 is 19.1 Å². The first-order valence-corrected chi connectivity index (χ1v) is 13.2. The summed E-state index contributed by atoms with van der Waals surface area (Å²) in [5.74, 6) is 1.56. The molecule has 1 aromatic carbocycles. The summed E-state index contributed by atoms with van der Waals surface area (Å²) in [4.78, 5) is 38.0. The van der Waals surface area contributed by atoms with Crippen molar-refractivity contribution >= 4 is 41.1 Å². The average Bonchev–Trinajstić information content (AvgIpc) is 2.73. The fourth-order valence-corrected chi connectivity index (χ4v) is 6.89. The second-order valence-electron chi connectivity index (χ2n) is 9.64. The Morgan fingerprint density at radius 2 is 1.75 bits per heavy atom. The van der Waals surface area contributed by atoms with Crippen molar-refractivity contribution in [2.24, 2.45) is 17.8 Å². The summed E-state index contributed by atoms with van der Waals surface area (Å²) < 4.78 is 5.34. The summed E-state index contributed by atoms with van der Waals surface area (Å²) in [6, 6.07) is 5.85. The van der Waals surface area contributed by atoms with Gasteiger partial charge in [-0.3, -0.25) is 9.59 Å². The highest BCUT2D eigenvalue weighted by Gasteiger charge is 2.51. The number of thioether (sulfide) groups is 1. The maximum Gasteiger partial charge on any atom is 0.329 e. The van der Waals surface area contributed by atoms with Crippen molar-refractivity contribution in [2.45, 2.75) is 56.5 Å². The molecule has 1 atom stereocenters. The van der Waals surface area contributed by atoms with Crippen LogP contribution in [0.4, 0.5) is 0 Å². The van der Waals surface area contributed by atoms with E-state index in [-0.39, 0.29) is 18.1 Å². The average molecular weight is 479 g/mol. The molecule has 5 rings (SSSR count). The molecule has 4 aliphatic carbocycles. The topological polar surface area (TPSA) is 84.5 Å². The second-order valence-corrected chi connectivity index (χ2v) is 11.0. The molecule has 6 nitrogen and oxygen atoms in total. The lowest BCUT2D eigenvalue weighted by molar-refractivity contribution is -0.151. The van der Waals surface area contributed by atoms with Gasteiger partial charge in [-0.2, -0.15) is 11.8 Å². The minimum Gasteiger partial charge on any atom is -0.454 e. The third kappa shape index (κ3) is 5.42. The van der Waals surface area contributed by atoms with Gasteiger partial charge in [0.25, 0.3) is 11.8 Å². The van der Waals surface area contributed by atoms with Gasteiger partial charge in [0.05, 0.1) is 10.6 Å². The van der Waals surface area contributed by atoms with Gasteiger partial charge in [0.1, 0.15) is 6.04 Å². The molecular formula is C24H31ClN2O4S. The molecule has 0 radical (unpaired) electrons. The highest BCUT2D eigenvalue weighted by molar-refractivity contribution is 7.98. The molecule has 0 aromatic heterocycles. The monoisotopic (exact) mass is 478 g/mol. The zero-order valence-corrected chi connectivity index (χ0v) is 20.0. The van der Waals surface area contributed by atoms with Gasteiger partial charge in [-0.25, -0.2) is 4.79 Å². The predicted molar refractivity (Wildman–Crippen MR) is 126 cm³/mol. The van der Waals surface area contributed by atoms with Gasteiger partial charge in [0.2, 0.25) is 0 Å². The number of esters is 1. The maximum absolute atomic E-state index is 12.7. The Labute approximate surface area is 198 Å². The van der Waals surface area contributed by atoms with Crippen LogP contribution in [0.15, 0.2) is 24.3 Å². The van der Waals surface area contributed by atoms with Crippen molar-refractivity contribution in [1.29, 1.82) is 0 Å². The van der Waals surface area contributed by atoms with E-state index in [4.69, 9.17) is 16.3 Å². The molecule has 1 aromatic rings. The first-order valence-electron chi connectivity index (χ1n) is 11.4. The number of rotatable bonds is 9. The van der Waals surface area contributed by atoms with Crippen LogP contribution in [0.1, 0.15) is 55.3 Å². The zero-order valence-electron chi connectivity index (χ0n) is 18.4. The Morgan fingerprint density at radius 3 is 2.34 bits per heavy atom. The van der Waals surface area contributed by atoms with E-state index in [0.29, 0.717) is 22.8 Å². The smallest absolute Gasteiger partial charge is 0.329 e. The van der Waals surface area contributed by atoms with Gasteiger partial charge in [-0.1, -0.05) is 23.7 Å². The lowest BCUT2D eigenvalue weighted by Crippen LogP contribution is -2.60. The third-order valence-corrected chi connectivity index (χ3v) is 8.08. The van der Waals surface area contributed by atoms with Crippen molar-refractivity contribution in [3.63, 3.8) is 0 Å². The van der Waals surface area contributed by atoms with Crippen LogP contribution in [0.3, 0.4) is 0 Å². The Kier molecular flexibility index (Phi) is 7.35. The molecule has 4 aliphatic rings. The Balaban J connectivity index is 1.31. The Hall–Kier alpha value is -1.73. The molecule has 174 valence electrons. The number of ether oxygens (including phenoxy) is 1. The van der Waals surface area contributed by atoms with E-state index in [0.717, 1.165) is 37.0 Å². The molecule has 0 heterocycles. The van der Waals surface area contributed by atoms with Gasteiger partial charge in [-0.15, -0.1) is 0 Å². The molecule has 4 bridgehead atoms. The van der Waals surface area contributed by atoms with Crippen LogP contribution in [-0.4, -0.2) is 48.0 Å². The van der Waals surface area contributed by atoms with Gasteiger partial charge in [0.15, 0.2) is 6.61 Å². The van der Waals surface area contributed by atoms with Gasteiger partial charge >= 0.3 is 5.97 Å². The van der Waals surface area contributed by atoms with Crippen molar-refractivity contribution in [3.8, 4) is 0 Å². The lowest BCUT2D eigenvalue weighted by Gasteiger charge is -2.56. The summed E-state index contributed by atoms with van der Waals surface area (Å²) in [7, 11) is 0. The zero-order chi connectivity index (χ0) is 22.7. The number of carbonyl (C=O) groups excluding carboxylic acids is 3. The van der Waals surface area contributed by atoms with Gasteiger partial charge in [-0.05, 0) is 86.8 Å². The number of carbonyl (C=O) groups is 3. The van der Waals surface area contributed by atoms with Crippen LogP contribution in [0.2, 0.25) is 5.02 Å². The largest absolute Gasteiger partial charge is 0.454 e. The number of hydrogen-bond donors (Lipinski definition) is 2. The highest BCUT2D eigenvalue weighted by atomic mass is 35.5. The van der Waals surface area contributed by atoms with E-state index in [1.54, 1.807) is 36.0 Å². The summed E-state index contributed by atoms with van der Waals surface area (Å²) in [6.45, 7) is -0.321. The minimum atomic E-state index is -0.835. The first-order chi connectivity index (χ1) is 15.4. The minimum absolute atomic E-state index is 0.116. The fourth-order valence-electron chi connectivity index (χ4n) is 6.20. The number of benzene rings is 1. The number of amides is 2. The molecule has 8 heteroatoms.